The van der Waals surface area contributed by atoms with E-state index >= 15 is 0 Å². The van der Waals surface area contributed by atoms with Gasteiger partial charge >= 0.3 is 6.18 Å². The van der Waals surface area contributed by atoms with Gasteiger partial charge in [-0.1, -0.05) is 30.3 Å². The smallest absolute Gasteiger partial charge is 0.333 e. The van der Waals surface area contributed by atoms with E-state index in [9.17, 15) is 31.1 Å². The highest BCUT2D eigenvalue weighted by Crippen LogP contribution is 2.30. The van der Waals surface area contributed by atoms with Crippen molar-refractivity contribution >= 4 is 5.91 Å². The van der Waals surface area contributed by atoms with Crippen molar-refractivity contribution in [1.82, 2.24) is 25.0 Å². The SMILES string of the molecule is C[C@@H](NCCC(CC(=O)N1CCn2c(nnc2C(F)(F)F)C1)Cc1cc(F)c(F)cc1F)c1ccccc1. The maximum absolute atomic E-state index is 14.4. The molecular weight excluding hydrogens is 512 g/mol. The maximum atomic E-state index is 14.4. The van der Waals surface area contributed by atoms with Gasteiger partial charge in [-0.3, -0.25) is 4.79 Å². The topological polar surface area (TPSA) is 63.1 Å². The van der Waals surface area contributed by atoms with E-state index in [1.54, 1.807) is 0 Å². The van der Waals surface area contributed by atoms with Crippen molar-refractivity contribution in [2.45, 2.75) is 51.5 Å². The second kappa shape index (κ2) is 11.5. The number of nitrogens with one attached hydrogen (secondary N) is 1. The Morgan fingerprint density at radius 2 is 1.74 bits per heavy atom. The number of hydrogen-bond donors (Lipinski definition) is 1. The average molecular weight is 540 g/mol. The van der Waals surface area contributed by atoms with E-state index in [0.717, 1.165) is 16.2 Å². The van der Waals surface area contributed by atoms with Crippen LogP contribution in [0.3, 0.4) is 0 Å². The third-order valence-electron chi connectivity index (χ3n) is 6.72. The summed E-state index contributed by atoms with van der Waals surface area (Å²) in [6.45, 7) is 2.22. The fourth-order valence-corrected chi connectivity index (χ4v) is 4.63. The average Bonchev–Trinajstić information content (AvgIpc) is 3.31. The summed E-state index contributed by atoms with van der Waals surface area (Å²) in [5.74, 6) is -5.26. The minimum absolute atomic E-state index is 0.00355. The van der Waals surface area contributed by atoms with Crippen LogP contribution in [0.15, 0.2) is 42.5 Å². The number of alkyl halides is 3. The van der Waals surface area contributed by atoms with Crippen molar-refractivity contribution in [2.75, 3.05) is 13.1 Å². The molecule has 0 spiro atoms. The molecule has 1 aromatic heterocycles. The molecule has 2 atom stereocenters. The molecule has 6 nitrogen and oxygen atoms in total. The third-order valence-corrected chi connectivity index (χ3v) is 6.72. The maximum Gasteiger partial charge on any atom is 0.451 e. The Hall–Kier alpha value is -3.41. The fraction of sp³-hybridized carbons (Fsp3) is 0.423. The van der Waals surface area contributed by atoms with Gasteiger partial charge in [-0.25, -0.2) is 13.2 Å². The monoisotopic (exact) mass is 539 g/mol. The molecule has 0 aliphatic carbocycles. The minimum Gasteiger partial charge on any atom is -0.333 e. The highest BCUT2D eigenvalue weighted by molar-refractivity contribution is 5.76. The molecule has 0 fully saturated rings. The number of carbonyl (C=O) groups excluding carboxylic acids is 1. The number of nitrogens with zero attached hydrogens (tertiary/aromatic N) is 4. The molecule has 204 valence electrons. The second-order valence-corrected chi connectivity index (χ2v) is 9.41. The van der Waals surface area contributed by atoms with Crippen molar-refractivity contribution in [3.05, 3.63) is 82.7 Å². The van der Waals surface area contributed by atoms with Gasteiger partial charge in [-0.05, 0) is 49.4 Å². The molecule has 2 heterocycles. The van der Waals surface area contributed by atoms with Gasteiger partial charge < -0.3 is 14.8 Å². The quantitative estimate of drug-likeness (QED) is 0.306. The van der Waals surface area contributed by atoms with E-state index in [2.05, 4.69) is 15.5 Å². The first-order valence-corrected chi connectivity index (χ1v) is 12.2. The van der Waals surface area contributed by atoms with Crippen LogP contribution in [-0.2, 0) is 30.5 Å². The van der Waals surface area contributed by atoms with Crippen LogP contribution in [-0.4, -0.2) is 38.7 Å². The Morgan fingerprint density at radius 3 is 2.45 bits per heavy atom. The van der Waals surface area contributed by atoms with Crippen molar-refractivity contribution in [2.24, 2.45) is 5.92 Å². The number of amides is 1. The zero-order valence-electron chi connectivity index (χ0n) is 20.6. The molecule has 0 radical (unpaired) electrons. The van der Waals surface area contributed by atoms with E-state index in [-0.39, 0.29) is 55.8 Å². The highest BCUT2D eigenvalue weighted by atomic mass is 19.4. The molecular formula is C26H27F6N5O. The van der Waals surface area contributed by atoms with Gasteiger partial charge in [0.15, 0.2) is 17.5 Å². The zero-order chi connectivity index (χ0) is 27.4. The van der Waals surface area contributed by atoms with Crippen LogP contribution < -0.4 is 5.32 Å². The van der Waals surface area contributed by atoms with Crippen molar-refractivity contribution in [1.29, 1.82) is 0 Å². The molecule has 12 heteroatoms. The van der Waals surface area contributed by atoms with Gasteiger partial charge in [0.1, 0.15) is 5.82 Å². The van der Waals surface area contributed by atoms with Gasteiger partial charge in [0.2, 0.25) is 11.7 Å². The zero-order valence-corrected chi connectivity index (χ0v) is 20.6. The lowest BCUT2D eigenvalue weighted by Crippen LogP contribution is -2.40. The van der Waals surface area contributed by atoms with E-state index < -0.39 is 35.4 Å². The van der Waals surface area contributed by atoms with E-state index in [4.69, 9.17) is 0 Å². The summed E-state index contributed by atoms with van der Waals surface area (Å²) >= 11 is 0. The first-order chi connectivity index (χ1) is 18.0. The van der Waals surface area contributed by atoms with Gasteiger partial charge in [-0.2, -0.15) is 13.2 Å². The van der Waals surface area contributed by atoms with Gasteiger partial charge in [-0.15, -0.1) is 10.2 Å². The number of rotatable bonds is 9. The second-order valence-electron chi connectivity index (χ2n) is 9.41. The number of halogens is 6. The summed E-state index contributed by atoms with van der Waals surface area (Å²) in [5.41, 5.74) is 1.01. The lowest BCUT2D eigenvalue weighted by molar-refractivity contribution is -0.148. The van der Waals surface area contributed by atoms with E-state index in [1.807, 2.05) is 37.3 Å². The van der Waals surface area contributed by atoms with Crippen molar-refractivity contribution in [3.63, 3.8) is 0 Å². The molecule has 38 heavy (non-hydrogen) atoms. The lowest BCUT2D eigenvalue weighted by Gasteiger charge is -2.29. The van der Waals surface area contributed by atoms with Crippen LogP contribution in [0.1, 0.15) is 48.6 Å². The van der Waals surface area contributed by atoms with Crippen LogP contribution in [0.25, 0.3) is 0 Å². The highest BCUT2D eigenvalue weighted by Gasteiger charge is 2.40. The molecule has 1 N–H and O–H groups in total. The van der Waals surface area contributed by atoms with Crippen LogP contribution in [0.5, 0.6) is 0 Å². The molecule has 3 aromatic rings. The Labute approximate surface area is 215 Å². The van der Waals surface area contributed by atoms with Crippen LogP contribution >= 0.6 is 0 Å². The number of carbonyl (C=O) groups is 1. The summed E-state index contributed by atoms with van der Waals surface area (Å²) in [6, 6.07) is 10.9. The third kappa shape index (κ3) is 6.53. The molecule has 4 rings (SSSR count). The normalized spacial score (nSPS) is 15.3. The number of aromatic nitrogens is 3. The van der Waals surface area contributed by atoms with Gasteiger partial charge in [0.05, 0.1) is 6.54 Å². The van der Waals surface area contributed by atoms with Crippen LogP contribution in [0.4, 0.5) is 26.3 Å². The number of hydrogen-bond acceptors (Lipinski definition) is 4. The first kappa shape index (κ1) is 27.6. The van der Waals surface area contributed by atoms with Gasteiger partial charge in [0, 0.05) is 31.6 Å². The molecule has 2 aromatic carbocycles. The largest absolute Gasteiger partial charge is 0.451 e. The molecule has 1 amide bonds. The number of benzene rings is 2. The Balaban J connectivity index is 1.44. The van der Waals surface area contributed by atoms with Crippen molar-refractivity contribution < 1.29 is 31.1 Å². The molecule has 0 bridgehead atoms. The summed E-state index contributed by atoms with van der Waals surface area (Å²) < 4.78 is 82.0. The van der Waals surface area contributed by atoms with E-state index in [1.165, 1.54) is 4.90 Å². The van der Waals surface area contributed by atoms with Gasteiger partial charge in [0.25, 0.3) is 0 Å². The standard InChI is InChI=1S/C26H27F6N5O/c1-16(18-5-3-2-4-6-18)33-8-7-17(11-19-13-21(28)22(29)14-20(19)27)12-24(38)36-9-10-37-23(15-36)34-35-25(37)26(30,31)32/h2-6,13-14,16-17,33H,7-12,15H2,1H3/t16-,17?/m1/s1. The lowest BCUT2D eigenvalue weighted by atomic mass is 9.91. The molecule has 1 aliphatic heterocycles. The molecule has 0 saturated heterocycles. The van der Waals surface area contributed by atoms with Crippen molar-refractivity contribution in [3.8, 4) is 0 Å². The summed E-state index contributed by atoms with van der Waals surface area (Å²) in [4.78, 5) is 14.5. The van der Waals surface area contributed by atoms with Crippen LogP contribution in [0, 0.1) is 23.4 Å². The predicted octanol–water partition coefficient (Wildman–Crippen LogP) is 5.05. The predicted molar refractivity (Wildman–Crippen MR) is 126 cm³/mol. The minimum atomic E-state index is -4.65. The summed E-state index contributed by atoms with van der Waals surface area (Å²) in [6.07, 6.45) is -4.30. The molecule has 0 saturated carbocycles. The fourth-order valence-electron chi connectivity index (χ4n) is 4.63. The Morgan fingerprint density at radius 1 is 1.03 bits per heavy atom. The molecule has 1 unspecified atom stereocenters. The first-order valence-electron chi connectivity index (χ1n) is 12.2. The summed E-state index contributed by atoms with van der Waals surface area (Å²) in [7, 11) is 0. The Bertz CT molecular complexity index is 1260. The number of fused-ring (bicyclic) bond motifs is 1. The van der Waals surface area contributed by atoms with Crippen LogP contribution in [0.2, 0.25) is 0 Å². The Kier molecular flexibility index (Phi) is 8.39. The van der Waals surface area contributed by atoms with E-state index in [0.29, 0.717) is 19.0 Å². The molecule has 1 aliphatic rings. The summed E-state index contributed by atoms with van der Waals surface area (Å²) in [5, 5.41) is 10.2.